The van der Waals surface area contributed by atoms with E-state index in [0.29, 0.717) is 58.5 Å². The van der Waals surface area contributed by atoms with Crippen molar-refractivity contribution in [2.24, 2.45) is 10.9 Å². The van der Waals surface area contributed by atoms with Gasteiger partial charge in [0.05, 0.1) is 23.5 Å². The molecule has 3 aliphatic rings. The molecule has 0 saturated carbocycles. The van der Waals surface area contributed by atoms with Crippen LogP contribution >= 0.6 is 11.3 Å². The summed E-state index contributed by atoms with van der Waals surface area (Å²) in [7, 11) is 1.85. The summed E-state index contributed by atoms with van der Waals surface area (Å²) in [6, 6.07) is 4.98. The third kappa shape index (κ3) is 9.68. The first-order chi connectivity index (χ1) is 24.6. The summed E-state index contributed by atoms with van der Waals surface area (Å²) in [5.74, 6) is 1.77. The Labute approximate surface area is 345 Å². The molecule has 0 spiro atoms. The summed E-state index contributed by atoms with van der Waals surface area (Å²) in [6.07, 6.45) is 8.88. The fraction of sp³-hybridized carbons (Fsp3) is 0.500. The number of amidine groups is 1. The second-order valence-corrected chi connectivity index (χ2v) is 14.3. The predicted octanol–water partition coefficient (Wildman–Crippen LogP) is 9.32. The summed E-state index contributed by atoms with van der Waals surface area (Å²) in [5.41, 5.74) is 13.4. The van der Waals surface area contributed by atoms with Crippen LogP contribution in [-0.4, -0.2) is 54.3 Å². The number of nitriles is 1. The van der Waals surface area contributed by atoms with Gasteiger partial charge in [-0.2, -0.15) is 11.2 Å². The molecule has 3 aromatic rings. The Morgan fingerprint density at radius 3 is 2.51 bits per heavy atom. The summed E-state index contributed by atoms with van der Waals surface area (Å²) < 4.78 is 21.6. The monoisotopic (exact) mass is 968 g/mol. The topological polar surface area (TPSA) is 107 Å². The molecular formula is C42H59FN6O2SU. The summed E-state index contributed by atoms with van der Waals surface area (Å²) in [4.78, 5) is 22.7. The van der Waals surface area contributed by atoms with Gasteiger partial charge in [0.25, 0.3) is 0 Å². The number of aliphatic imine (C=N–C) groups is 1. The molecule has 0 radical (unpaired) electrons. The van der Waals surface area contributed by atoms with E-state index in [4.69, 9.17) is 15.5 Å². The van der Waals surface area contributed by atoms with E-state index >= 15 is 4.39 Å². The number of likely N-dealkylation sites (N-methyl/N-ethyl adjacent to an activating group) is 1. The number of rotatable bonds is 7. The third-order valence-electron chi connectivity index (χ3n) is 9.52. The van der Waals surface area contributed by atoms with Gasteiger partial charge in [0.1, 0.15) is 34.6 Å². The van der Waals surface area contributed by atoms with Crippen LogP contribution in [0.3, 0.4) is 0 Å². The number of amides is 1. The number of fused-ring (bicyclic) bond motifs is 2. The fourth-order valence-corrected chi connectivity index (χ4v) is 8.19. The number of piperidine rings is 1. The van der Waals surface area contributed by atoms with Crippen molar-refractivity contribution in [1.29, 1.82) is 5.26 Å². The number of carbonyl (C=O) groups is 1. The normalized spacial score (nSPS) is 18.2. The number of anilines is 1. The molecule has 8 nitrogen and oxygen atoms in total. The van der Waals surface area contributed by atoms with Crippen LogP contribution in [0.5, 0.6) is 0 Å². The minimum atomic E-state index is -0.487. The summed E-state index contributed by atoms with van der Waals surface area (Å²) in [6.45, 7) is 20.0. The number of carbonyl (C=O) groups excluding carboxylic acids is 1. The zero-order valence-corrected chi connectivity index (χ0v) is 38.5. The quantitative estimate of drug-likeness (QED) is 0.139. The molecular weight excluding hydrogens is 910 g/mol. The Balaban J connectivity index is 0.00000132. The number of benzene rings is 2. The molecule has 3 N–H and O–H groups in total. The van der Waals surface area contributed by atoms with Crippen LogP contribution in [0.2, 0.25) is 0 Å². The summed E-state index contributed by atoms with van der Waals surface area (Å²) >= 11 is 1.11. The maximum absolute atomic E-state index is 15.1. The first-order valence-electron chi connectivity index (χ1n) is 18.6. The fourth-order valence-electron chi connectivity index (χ4n) is 7.24. The van der Waals surface area contributed by atoms with E-state index in [2.05, 4.69) is 70.3 Å². The Hall–Kier alpha value is -2.89. The van der Waals surface area contributed by atoms with E-state index in [1.807, 2.05) is 20.9 Å². The second-order valence-electron chi connectivity index (χ2n) is 13.3. The van der Waals surface area contributed by atoms with E-state index in [1.54, 1.807) is 11.0 Å². The number of ether oxygens (including phenoxy) is 1. The largest absolute Gasteiger partial charge is 2.00 e. The molecule has 3 aliphatic heterocycles. The number of nitrogens with one attached hydrogen (secondary N) is 1. The van der Waals surface area contributed by atoms with Crippen molar-refractivity contribution in [3.05, 3.63) is 77.1 Å². The van der Waals surface area contributed by atoms with Gasteiger partial charge < -0.3 is 39.4 Å². The van der Waals surface area contributed by atoms with Crippen molar-refractivity contribution in [1.82, 2.24) is 15.1 Å². The summed E-state index contributed by atoms with van der Waals surface area (Å²) in [5, 5.41) is 14.7. The van der Waals surface area contributed by atoms with E-state index in [1.165, 1.54) is 12.5 Å². The Bertz CT molecular complexity index is 1830. The average molecular weight is 969 g/mol. The van der Waals surface area contributed by atoms with Gasteiger partial charge >= 0.3 is 31.1 Å². The number of halogens is 1. The van der Waals surface area contributed by atoms with Gasteiger partial charge in [-0.15, -0.1) is 17.9 Å². The van der Waals surface area contributed by atoms with Crippen molar-refractivity contribution >= 4 is 38.2 Å². The molecule has 286 valence electrons. The zero-order chi connectivity index (χ0) is 37.4. The molecule has 1 aromatic heterocycles. The number of allylic oxidation sites excluding steroid dienone is 1. The van der Waals surface area contributed by atoms with Crippen LogP contribution in [-0.2, 0) is 29.2 Å². The van der Waals surface area contributed by atoms with E-state index < -0.39 is 6.04 Å². The van der Waals surface area contributed by atoms with Gasteiger partial charge in [-0.3, -0.25) is 9.79 Å². The minimum absolute atomic E-state index is 0. The van der Waals surface area contributed by atoms with Crippen molar-refractivity contribution in [3.8, 4) is 17.2 Å². The smallest absolute Gasteiger partial charge is 0.390 e. The van der Waals surface area contributed by atoms with Crippen molar-refractivity contribution in [3.63, 3.8) is 0 Å². The van der Waals surface area contributed by atoms with Gasteiger partial charge in [-0.25, -0.2) is 4.39 Å². The number of nitrogens with zero attached hydrogens (tertiary/aromatic N) is 4. The van der Waals surface area contributed by atoms with Crippen molar-refractivity contribution in [2.45, 2.75) is 107 Å². The molecule has 0 aliphatic carbocycles. The molecule has 0 bridgehead atoms. The van der Waals surface area contributed by atoms with E-state index in [-0.39, 0.29) is 50.3 Å². The number of nitrogen functional groups attached to an aromatic ring is 1. The van der Waals surface area contributed by atoms with Crippen LogP contribution in [0, 0.1) is 75.0 Å². The Morgan fingerprint density at radius 1 is 1.23 bits per heavy atom. The molecule has 6 rings (SSSR count). The molecule has 2 aromatic carbocycles. The molecule has 2 fully saturated rings. The number of nitrogens with two attached hydrogens (primary N) is 1. The van der Waals surface area contributed by atoms with E-state index in [9.17, 15) is 10.1 Å². The number of likely N-dealkylation sites (tertiary alicyclic amines) is 2. The van der Waals surface area contributed by atoms with Crippen LogP contribution in [0.15, 0.2) is 29.0 Å². The van der Waals surface area contributed by atoms with E-state index in [0.717, 1.165) is 88.6 Å². The maximum atomic E-state index is 15.1. The maximum Gasteiger partial charge on any atom is 2.00 e. The van der Waals surface area contributed by atoms with Gasteiger partial charge in [-0.1, -0.05) is 61.0 Å². The molecule has 4 heterocycles. The first-order valence-corrected chi connectivity index (χ1v) is 19.5. The SMILES string of the molecule is CC.CC/C=C(/NC(=NC1CCCN(C)C1=O)c1c(C)c(CC)c(-c2ccc(F)c3sc(N)c(C#N)c23)c2c1COC2)N1C[CH-]C(C)C1.CCC.[CH3-].[U+2]. The standard InChI is InChI=1S/C36H42FN6O2S.C3H8.C2H6.CH3.U/c1-6-9-29(43-15-13-20(3)17-43)41-35(40-28-10-8-14-42(5)36(28)44)30-21(4)22(7-2)31(26-19-45-18-25(26)30)23-11-12-27(37)33-32(23)24(16-38)34(39)46-33;1-3-2;1-2;;/h9,11-13,20,28H,6-8,10,14-15,17-19,39H2,1-5H3,(H,40,41);3H2,1-2H3;1-2H3;1H3;/q-1;;;-1;+2/b29-9-;;;;. The Morgan fingerprint density at radius 2 is 1.91 bits per heavy atom. The van der Waals surface area contributed by atoms with Gasteiger partial charge in [-0.05, 0) is 84.7 Å². The van der Waals surface area contributed by atoms with Crippen LogP contribution in [0.4, 0.5) is 9.39 Å². The first kappa shape index (κ1) is 46.3. The van der Waals surface area contributed by atoms with Crippen molar-refractivity contribution < 1.29 is 45.0 Å². The number of thiophene rings is 1. The predicted molar refractivity (Wildman–Crippen MR) is 216 cm³/mol. The van der Waals surface area contributed by atoms with Gasteiger partial charge in [0.2, 0.25) is 5.91 Å². The number of hydrogen-bond donors (Lipinski definition) is 2. The third-order valence-corrected chi connectivity index (χ3v) is 10.5. The number of hydrogen-bond acceptors (Lipinski definition) is 7. The van der Waals surface area contributed by atoms with Crippen LogP contribution < -0.4 is 11.1 Å². The van der Waals surface area contributed by atoms with Gasteiger partial charge in [0.15, 0.2) is 0 Å². The molecule has 2 unspecified atom stereocenters. The minimum Gasteiger partial charge on any atom is -0.390 e. The molecule has 2 saturated heterocycles. The molecule has 1 amide bonds. The average Bonchev–Trinajstić information content (AvgIpc) is 3.86. The van der Waals surface area contributed by atoms with Crippen LogP contribution in [0.25, 0.3) is 21.2 Å². The van der Waals surface area contributed by atoms with Gasteiger partial charge in [0, 0.05) is 24.5 Å². The Kier molecular flexibility index (Phi) is 18.6. The van der Waals surface area contributed by atoms with Crippen LogP contribution in [0.1, 0.15) is 108 Å². The second kappa shape index (κ2) is 21.3. The molecule has 53 heavy (non-hydrogen) atoms. The molecule has 11 heteroatoms. The molecule has 2 atom stereocenters. The van der Waals surface area contributed by atoms with Crippen molar-refractivity contribution in [2.75, 3.05) is 32.4 Å². The zero-order valence-electron chi connectivity index (χ0n) is 33.5.